The van der Waals surface area contributed by atoms with Crippen LogP contribution in [0.1, 0.15) is 21.6 Å². The van der Waals surface area contributed by atoms with Crippen LogP contribution in [0.15, 0.2) is 36.7 Å². The van der Waals surface area contributed by atoms with Crippen LogP contribution in [0.25, 0.3) is 0 Å². The zero-order valence-corrected chi connectivity index (χ0v) is 19.3. The smallest absolute Gasteiger partial charge is 0.270 e. The number of ether oxygens (including phenoxy) is 1. The summed E-state index contributed by atoms with van der Waals surface area (Å²) in [6.45, 7) is 1.86. The Hall–Kier alpha value is -2.29. The number of hydrogen-bond acceptors (Lipinski definition) is 7. The Labute approximate surface area is 192 Å². The van der Waals surface area contributed by atoms with Crippen LogP contribution in [-0.2, 0) is 16.5 Å². The van der Waals surface area contributed by atoms with Crippen molar-refractivity contribution in [3.63, 3.8) is 0 Å². The maximum atomic E-state index is 12.6. The number of hydrogen-bond donors (Lipinski definition) is 3. The third-order valence-corrected chi connectivity index (χ3v) is 6.49. The Morgan fingerprint density at radius 1 is 1.25 bits per heavy atom. The summed E-state index contributed by atoms with van der Waals surface area (Å²) in [6.07, 6.45) is 1.56. The van der Waals surface area contributed by atoms with E-state index in [0.717, 1.165) is 6.42 Å². The van der Waals surface area contributed by atoms with Gasteiger partial charge < -0.3 is 25.4 Å². The number of nitrogens with one attached hydrogen (secondary N) is 2. The first-order chi connectivity index (χ1) is 15.2. The molecule has 1 saturated heterocycles. The topological polar surface area (TPSA) is 99.6 Å². The van der Waals surface area contributed by atoms with Gasteiger partial charge in [-0.1, -0.05) is 24.3 Å². The van der Waals surface area contributed by atoms with Gasteiger partial charge in [0.2, 0.25) is 0 Å². The summed E-state index contributed by atoms with van der Waals surface area (Å²) in [5, 5.41) is 16.5. The van der Waals surface area contributed by atoms with Gasteiger partial charge in [0.25, 0.3) is 5.91 Å². The molecule has 164 valence electrons. The predicted molar refractivity (Wildman–Crippen MR) is 134 cm³/mol. The molecule has 0 bridgehead atoms. The first kappa shape index (κ1) is 22.9. The average Bonchev–Trinajstić information content (AvgIpc) is 2.72. The number of carbonyl (C=O) groups is 1. The van der Waals surface area contributed by atoms with E-state index in [4.69, 9.17) is 4.74 Å². The van der Waals surface area contributed by atoms with Crippen molar-refractivity contribution in [2.24, 2.45) is 0 Å². The fourth-order valence-corrected chi connectivity index (χ4v) is 4.88. The molecule has 32 heavy (non-hydrogen) atoms. The highest BCUT2D eigenvalue weighted by Crippen LogP contribution is 2.36. The van der Waals surface area contributed by atoms with Crippen molar-refractivity contribution in [3.05, 3.63) is 53.5 Å². The standard InChI is InChI=1S/C20H29B4N5O3/c21-19(22)6-12-3-1-2-4-15(12)20(23,24)29(19)8-14(30)7-25-18(31)16-5-17(27-11-26-16)28-13-9-32-10-13/h1-5,11,13-14,30H,6-10,21-24H2,(H,25,31)(H,26,27,28)/t14-/m0/s1. The third kappa shape index (κ3) is 4.72. The third-order valence-electron chi connectivity index (χ3n) is 6.49. The van der Waals surface area contributed by atoms with Gasteiger partial charge in [0, 0.05) is 19.2 Å². The fourth-order valence-electron chi connectivity index (χ4n) is 4.88. The minimum Gasteiger partial charge on any atom is -0.390 e. The molecule has 1 fully saturated rings. The molecule has 4 rings (SSSR count). The molecule has 1 aromatic carbocycles. The highest BCUT2D eigenvalue weighted by molar-refractivity contribution is 6.44. The Morgan fingerprint density at radius 3 is 2.72 bits per heavy atom. The SMILES string of the molecule is BC1(B)Cc2ccccc2C(B)(B)N1C[C@@H](O)CNC(=O)c1cc(NC2COC2)ncn1. The molecule has 1 amide bonds. The summed E-state index contributed by atoms with van der Waals surface area (Å²) in [7, 11) is 8.80. The van der Waals surface area contributed by atoms with E-state index in [9.17, 15) is 9.90 Å². The lowest BCUT2D eigenvalue weighted by Crippen LogP contribution is -2.67. The van der Waals surface area contributed by atoms with Crippen molar-refractivity contribution in [1.82, 2.24) is 20.2 Å². The van der Waals surface area contributed by atoms with E-state index in [2.05, 4.69) is 81.2 Å². The van der Waals surface area contributed by atoms with Gasteiger partial charge >= 0.3 is 0 Å². The van der Waals surface area contributed by atoms with Gasteiger partial charge in [0.05, 0.1) is 25.4 Å². The highest BCUT2D eigenvalue weighted by atomic mass is 16.5. The van der Waals surface area contributed by atoms with Crippen LogP contribution in [0.2, 0.25) is 0 Å². The molecule has 1 atom stereocenters. The van der Waals surface area contributed by atoms with Crippen LogP contribution in [0, 0.1) is 0 Å². The lowest BCUT2D eigenvalue weighted by molar-refractivity contribution is 0.0209. The van der Waals surface area contributed by atoms with E-state index in [-0.39, 0.29) is 34.9 Å². The van der Waals surface area contributed by atoms with E-state index in [1.165, 1.54) is 17.5 Å². The minimum absolute atomic E-state index is 0.124. The molecular weight excluding hydrogens is 402 g/mol. The molecule has 2 aliphatic heterocycles. The Kier molecular flexibility index (Phi) is 6.38. The van der Waals surface area contributed by atoms with Crippen LogP contribution >= 0.6 is 0 Å². The molecule has 3 N–H and O–H groups in total. The maximum absolute atomic E-state index is 12.6. The van der Waals surface area contributed by atoms with Gasteiger partial charge in [-0.15, -0.1) is 0 Å². The number of nitrogens with zero attached hydrogens (tertiary/aromatic N) is 3. The monoisotopic (exact) mass is 431 g/mol. The number of carbonyl (C=O) groups excluding carboxylic acids is 1. The van der Waals surface area contributed by atoms with Crippen molar-refractivity contribution in [3.8, 4) is 0 Å². The molecule has 12 heteroatoms. The van der Waals surface area contributed by atoms with Crippen molar-refractivity contribution in [2.45, 2.75) is 29.2 Å². The predicted octanol–water partition coefficient (Wildman–Crippen LogP) is -3.77. The lowest BCUT2D eigenvalue weighted by atomic mass is 9.45. The summed E-state index contributed by atoms with van der Waals surface area (Å²) in [5.41, 5.74) is 2.90. The average molecular weight is 431 g/mol. The van der Waals surface area contributed by atoms with Crippen LogP contribution in [0.4, 0.5) is 5.82 Å². The lowest BCUT2D eigenvalue weighted by Gasteiger charge is -2.55. The van der Waals surface area contributed by atoms with E-state index < -0.39 is 6.10 Å². The molecule has 0 radical (unpaired) electrons. The molecule has 0 saturated carbocycles. The van der Waals surface area contributed by atoms with Crippen LogP contribution in [0.3, 0.4) is 0 Å². The van der Waals surface area contributed by atoms with Crippen molar-refractivity contribution in [1.29, 1.82) is 0 Å². The highest BCUT2D eigenvalue weighted by Gasteiger charge is 2.44. The zero-order chi connectivity index (χ0) is 22.9. The number of aliphatic hydroxyl groups is 1. The minimum atomic E-state index is -0.714. The summed E-state index contributed by atoms with van der Waals surface area (Å²) >= 11 is 0. The van der Waals surface area contributed by atoms with Crippen LogP contribution in [0.5, 0.6) is 0 Å². The fraction of sp³-hybridized carbons (Fsp3) is 0.450. The number of β-amino-alcohol motifs (C(OH)–C–C–N with tert-alkyl or cyclic N) is 1. The molecule has 2 aliphatic rings. The summed E-state index contributed by atoms with van der Waals surface area (Å²) < 4.78 is 5.14. The Bertz CT molecular complexity index is 989. The molecule has 8 nitrogen and oxygen atoms in total. The van der Waals surface area contributed by atoms with Gasteiger partial charge in [0.1, 0.15) is 49.2 Å². The van der Waals surface area contributed by atoms with E-state index in [0.29, 0.717) is 25.6 Å². The number of fused-ring (bicyclic) bond motifs is 1. The van der Waals surface area contributed by atoms with Gasteiger partial charge in [-0.05, 0) is 28.2 Å². The number of amides is 1. The first-order valence-corrected chi connectivity index (χ1v) is 11.2. The van der Waals surface area contributed by atoms with Gasteiger partial charge in [-0.3, -0.25) is 4.79 Å². The van der Waals surface area contributed by atoms with Gasteiger partial charge in [-0.25, -0.2) is 9.97 Å². The first-order valence-electron chi connectivity index (χ1n) is 11.2. The second kappa shape index (κ2) is 8.92. The largest absolute Gasteiger partial charge is 0.390 e. The second-order valence-electron chi connectivity index (χ2n) is 9.85. The normalized spacial score (nSPS) is 20.5. The van der Waals surface area contributed by atoms with Gasteiger partial charge in [0.15, 0.2) is 0 Å². The maximum Gasteiger partial charge on any atom is 0.270 e. The number of benzene rings is 1. The second-order valence-corrected chi connectivity index (χ2v) is 9.85. The van der Waals surface area contributed by atoms with E-state index in [1.807, 2.05) is 0 Å². The molecule has 1 aromatic heterocycles. The van der Waals surface area contributed by atoms with E-state index >= 15 is 0 Å². The van der Waals surface area contributed by atoms with Crippen LogP contribution in [-0.4, -0.2) is 101 Å². The number of rotatable bonds is 7. The Morgan fingerprint density at radius 2 is 2.00 bits per heavy atom. The van der Waals surface area contributed by atoms with Crippen LogP contribution < -0.4 is 10.6 Å². The quantitative estimate of drug-likeness (QED) is 0.388. The van der Waals surface area contributed by atoms with E-state index in [1.54, 1.807) is 6.07 Å². The molecule has 2 aromatic rings. The van der Waals surface area contributed by atoms with Crippen molar-refractivity contribution < 1.29 is 14.6 Å². The molecular formula is C20H29B4N5O3. The van der Waals surface area contributed by atoms with Gasteiger partial charge in [-0.2, -0.15) is 0 Å². The molecule has 0 aliphatic carbocycles. The van der Waals surface area contributed by atoms with Crippen molar-refractivity contribution >= 4 is 43.1 Å². The Balaban J connectivity index is 1.38. The number of anilines is 1. The number of aromatic nitrogens is 2. The molecule has 3 heterocycles. The zero-order valence-electron chi connectivity index (χ0n) is 19.3. The number of aliphatic hydroxyl groups excluding tert-OH is 1. The molecule has 0 unspecified atom stereocenters. The summed E-state index contributed by atoms with van der Waals surface area (Å²) in [5.74, 6) is 0.261. The van der Waals surface area contributed by atoms with Crippen molar-refractivity contribution in [2.75, 3.05) is 31.6 Å². The summed E-state index contributed by atoms with van der Waals surface area (Å²) in [4.78, 5) is 23.2. The molecule has 0 spiro atoms. The summed E-state index contributed by atoms with van der Waals surface area (Å²) in [6, 6.07) is 10.3.